The number of amides is 5. The fraction of sp³-hybridized carbons (Fsp3) is 0.500. The molecular formula is C32H46N8O9. The first-order valence-corrected chi connectivity index (χ1v) is 15.8. The van der Waals surface area contributed by atoms with Crippen LogP contribution in [0.2, 0.25) is 0 Å². The van der Waals surface area contributed by atoms with E-state index in [4.69, 9.17) is 10.8 Å². The minimum atomic E-state index is -1.72. The third kappa shape index (κ3) is 13.4. The SMILES string of the molecule is CC[C@H](C)[C@H](NC(=O)CNC(=O)[C@H](Cc1ccccc1)NC(=O)[C@H](Cc1cnc[nH]1)NC(=O)[C@@H](N)C(C)C)C(=O)N[C@@H](CC(=O)O)C(=O)O. The summed E-state index contributed by atoms with van der Waals surface area (Å²) in [7, 11) is 0. The van der Waals surface area contributed by atoms with E-state index >= 15 is 0 Å². The molecule has 5 amide bonds. The van der Waals surface area contributed by atoms with E-state index < -0.39 is 90.6 Å². The summed E-state index contributed by atoms with van der Waals surface area (Å²) in [6.45, 7) is 6.27. The molecule has 0 saturated heterocycles. The van der Waals surface area contributed by atoms with Crippen LogP contribution in [0.5, 0.6) is 0 Å². The summed E-state index contributed by atoms with van der Waals surface area (Å²) in [6.07, 6.45) is 2.46. The van der Waals surface area contributed by atoms with Gasteiger partial charge in [0.25, 0.3) is 0 Å². The summed E-state index contributed by atoms with van der Waals surface area (Å²) in [4.78, 5) is 95.0. The van der Waals surface area contributed by atoms with Crippen molar-refractivity contribution in [1.82, 2.24) is 36.6 Å². The van der Waals surface area contributed by atoms with Crippen LogP contribution in [0.4, 0.5) is 0 Å². The molecule has 0 unspecified atom stereocenters. The lowest BCUT2D eigenvalue weighted by Gasteiger charge is -2.26. The Hall–Kier alpha value is -5.32. The zero-order valence-electron chi connectivity index (χ0n) is 27.9. The van der Waals surface area contributed by atoms with Gasteiger partial charge in [0.15, 0.2) is 0 Å². The van der Waals surface area contributed by atoms with Gasteiger partial charge in [-0.3, -0.25) is 28.8 Å². The Kier molecular flexibility index (Phi) is 15.9. The summed E-state index contributed by atoms with van der Waals surface area (Å²) < 4.78 is 0. The largest absolute Gasteiger partial charge is 0.481 e. The molecule has 268 valence electrons. The number of hydrogen-bond donors (Lipinski definition) is 9. The average Bonchev–Trinajstić information content (AvgIpc) is 3.57. The number of aliphatic carboxylic acids is 2. The van der Waals surface area contributed by atoms with E-state index in [1.165, 1.54) is 12.5 Å². The minimum Gasteiger partial charge on any atom is -0.481 e. The van der Waals surface area contributed by atoms with Gasteiger partial charge in [-0.25, -0.2) is 9.78 Å². The number of rotatable bonds is 20. The van der Waals surface area contributed by atoms with Crippen LogP contribution in [0, 0.1) is 11.8 Å². The number of nitrogens with one attached hydrogen (secondary N) is 6. The smallest absolute Gasteiger partial charge is 0.326 e. The lowest BCUT2D eigenvalue weighted by atomic mass is 9.97. The molecule has 0 bridgehead atoms. The molecule has 0 aliphatic heterocycles. The molecule has 6 atom stereocenters. The normalized spacial score (nSPS) is 14.7. The Balaban J connectivity index is 2.21. The Bertz CT molecular complexity index is 1440. The van der Waals surface area contributed by atoms with Crippen LogP contribution >= 0.6 is 0 Å². The number of carboxylic acids is 2. The number of aromatic amines is 1. The molecule has 10 N–H and O–H groups in total. The van der Waals surface area contributed by atoms with E-state index in [0.29, 0.717) is 17.7 Å². The molecule has 0 fully saturated rings. The molecule has 0 spiro atoms. The van der Waals surface area contributed by atoms with E-state index in [0.717, 1.165) is 0 Å². The third-order valence-corrected chi connectivity index (χ3v) is 7.78. The Morgan fingerprint density at radius 3 is 1.98 bits per heavy atom. The van der Waals surface area contributed by atoms with Crippen LogP contribution in [-0.4, -0.2) is 98.4 Å². The van der Waals surface area contributed by atoms with Crippen LogP contribution in [0.15, 0.2) is 42.9 Å². The topological polar surface area (TPSA) is 275 Å². The van der Waals surface area contributed by atoms with Crippen LogP contribution in [-0.2, 0) is 46.4 Å². The fourth-order valence-corrected chi connectivity index (χ4v) is 4.58. The number of nitrogens with two attached hydrogens (primary N) is 1. The van der Waals surface area contributed by atoms with Crippen LogP contribution < -0.4 is 32.3 Å². The molecule has 2 aromatic rings. The Labute approximate surface area is 283 Å². The monoisotopic (exact) mass is 686 g/mol. The van der Waals surface area contributed by atoms with E-state index in [-0.39, 0.29) is 18.8 Å². The van der Waals surface area contributed by atoms with E-state index in [9.17, 15) is 38.7 Å². The van der Waals surface area contributed by atoms with Crippen molar-refractivity contribution in [3.05, 3.63) is 54.1 Å². The molecule has 17 heteroatoms. The molecule has 0 aliphatic rings. The first-order chi connectivity index (χ1) is 23.1. The summed E-state index contributed by atoms with van der Waals surface area (Å²) in [5.41, 5.74) is 7.22. The van der Waals surface area contributed by atoms with Crippen molar-refractivity contribution in [3.63, 3.8) is 0 Å². The number of carbonyl (C=O) groups excluding carboxylic acids is 5. The van der Waals surface area contributed by atoms with Crippen LogP contribution in [0.25, 0.3) is 0 Å². The number of hydrogen-bond acceptors (Lipinski definition) is 9. The van der Waals surface area contributed by atoms with Gasteiger partial charge in [0, 0.05) is 24.7 Å². The van der Waals surface area contributed by atoms with Gasteiger partial charge in [0.1, 0.15) is 24.2 Å². The molecule has 0 aliphatic carbocycles. The van der Waals surface area contributed by atoms with Gasteiger partial charge in [-0.2, -0.15) is 0 Å². The van der Waals surface area contributed by atoms with Gasteiger partial charge >= 0.3 is 11.9 Å². The highest BCUT2D eigenvalue weighted by Crippen LogP contribution is 2.10. The van der Waals surface area contributed by atoms with Crippen LogP contribution in [0.3, 0.4) is 0 Å². The Morgan fingerprint density at radius 2 is 1.43 bits per heavy atom. The molecule has 17 nitrogen and oxygen atoms in total. The maximum absolute atomic E-state index is 13.6. The molecular weight excluding hydrogens is 640 g/mol. The summed E-state index contributed by atoms with van der Waals surface area (Å²) in [5.74, 6) is -7.40. The summed E-state index contributed by atoms with van der Waals surface area (Å²) in [6, 6.07) is 2.56. The van der Waals surface area contributed by atoms with E-state index in [1.54, 1.807) is 58.0 Å². The van der Waals surface area contributed by atoms with E-state index in [1.807, 2.05) is 0 Å². The maximum atomic E-state index is 13.6. The van der Waals surface area contributed by atoms with Crippen molar-refractivity contribution in [2.24, 2.45) is 17.6 Å². The Morgan fingerprint density at radius 1 is 0.816 bits per heavy atom. The second-order valence-corrected chi connectivity index (χ2v) is 12.0. The summed E-state index contributed by atoms with van der Waals surface area (Å²) >= 11 is 0. The zero-order chi connectivity index (χ0) is 36.7. The molecule has 0 saturated carbocycles. The third-order valence-electron chi connectivity index (χ3n) is 7.78. The first kappa shape index (κ1) is 39.9. The van der Waals surface area contributed by atoms with Crippen molar-refractivity contribution < 1.29 is 43.8 Å². The number of carboxylic acid groups (broad SMARTS) is 2. The number of nitrogens with zero attached hydrogens (tertiary/aromatic N) is 1. The maximum Gasteiger partial charge on any atom is 0.326 e. The minimum absolute atomic E-state index is 0.0126. The van der Waals surface area contributed by atoms with Crippen molar-refractivity contribution in [2.45, 2.75) is 83.6 Å². The average molecular weight is 687 g/mol. The number of H-pyrrole nitrogens is 1. The summed E-state index contributed by atoms with van der Waals surface area (Å²) in [5, 5.41) is 30.7. The second-order valence-electron chi connectivity index (χ2n) is 12.0. The van der Waals surface area contributed by atoms with Gasteiger partial charge in [0.2, 0.25) is 29.5 Å². The quantitative estimate of drug-likeness (QED) is 0.0801. The van der Waals surface area contributed by atoms with Gasteiger partial charge in [-0.15, -0.1) is 0 Å². The standard InChI is InChI=1S/C32H46N8O9/c1-5-18(4)27(31(47)39-23(32(48)49)13-25(42)43)40-24(41)15-35-28(44)21(11-19-9-7-6-8-10-19)37-29(45)22(12-20-14-34-16-36-20)38-30(46)26(33)17(2)3/h6-10,14,16-18,21-23,26-27H,5,11-13,15,33H2,1-4H3,(H,34,36)(H,35,44)(H,37,45)(H,38,46)(H,39,47)(H,40,41)(H,42,43)(H,48,49)/t18-,21-,22-,23-,26-,27-/m0/s1. The number of imidazole rings is 1. The van der Waals surface area contributed by atoms with Gasteiger partial charge in [0.05, 0.1) is 25.3 Å². The van der Waals surface area contributed by atoms with Crippen LogP contribution in [0.1, 0.15) is 51.8 Å². The fourth-order valence-electron chi connectivity index (χ4n) is 4.58. The van der Waals surface area contributed by atoms with Gasteiger partial charge in [-0.05, 0) is 17.4 Å². The number of benzene rings is 1. The predicted molar refractivity (Wildman–Crippen MR) is 175 cm³/mol. The molecule has 49 heavy (non-hydrogen) atoms. The van der Waals surface area contributed by atoms with Crippen molar-refractivity contribution in [1.29, 1.82) is 0 Å². The highest BCUT2D eigenvalue weighted by molar-refractivity contribution is 5.95. The van der Waals surface area contributed by atoms with Crippen molar-refractivity contribution in [3.8, 4) is 0 Å². The molecule has 0 radical (unpaired) electrons. The molecule has 1 heterocycles. The predicted octanol–water partition coefficient (Wildman–Crippen LogP) is -1.16. The zero-order valence-corrected chi connectivity index (χ0v) is 27.9. The van der Waals surface area contributed by atoms with E-state index in [2.05, 4.69) is 36.6 Å². The number of carbonyl (C=O) groups is 7. The lowest BCUT2D eigenvalue weighted by Crippen LogP contribution is -2.58. The van der Waals surface area contributed by atoms with Crippen molar-refractivity contribution >= 4 is 41.5 Å². The lowest BCUT2D eigenvalue weighted by molar-refractivity contribution is -0.147. The molecule has 2 rings (SSSR count). The highest BCUT2D eigenvalue weighted by Gasteiger charge is 2.32. The second kappa shape index (κ2) is 19.5. The van der Waals surface area contributed by atoms with Crippen molar-refractivity contribution in [2.75, 3.05) is 6.54 Å². The molecule has 1 aromatic carbocycles. The van der Waals surface area contributed by atoms with Gasteiger partial charge in [-0.1, -0.05) is 64.4 Å². The highest BCUT2D eigenvalue weighted by atomic mass is 16.4. The number of aromatic nitrogens is 2. The van der Waals surface area contributed by atoms with Gasteiger partial charge < -0.3 is 47.5 Å². The molecule has 1 aromatic heterocycles. The first-order valence-electron chi connectivity index (χ1n) is 15.8.